The number of carboxylic acid groups (broad SMARTS) is 1. The standard InChI is InChI=1S/C37H33N3O6/c1-23-6-8-24(9-7-23)35(41)39-28-13-17-29(18-14-28)45-30-15-10-26-21-31(16-11-25(26)20-30)46-34-19-12-27(22-38-34)36(42)40-33-5-3-2-4-32(33)37(43)44/h2-12,15-16,19-22,28-29H,13-14,17-18H2,1H3,(H,39,41)(H,40,42)(H,43,44). The summed E-state index contributed by atoms with van der Waals surface area (Å²) in [5.74, 6) is 0.0693. The SMILES string of the molecule is Cc1ccc(C(=O)NC2CCC(Oc3ccc4cc(Oc5ccc(C(=O)Nc6ccccc6C(=O)O)cn5)ccc4c3)CC2)cc1. The molecule has 0 radical (unpaired) electrons. The second-order valence-electron chi connectivity index (χ2n) is 11.4. The second kappa shape index (κ2) is 13.5. The van der Waals surface area contributed by atoms with Crippen LogP contribution in [0.1, 0.15) is 62.3 Å². The van der Waals surface area contributed by atoms with Crippen molar-refractivity contribution in [1.82, 2.24) is 10.3 Å². The summed E-state index contributed by atoms with van der Waals surface area (Å²) in [5, 5.41) is 17.1. The highest BCUT2D eigenvalue weighted by molar-refractivity contribution is 6.07. The number of hydrogen-bond acceptors (Lipinski definition) is 6. The van der Waals surface area contributed by atoms with E-state index in [4.69, 9.17) is 9.47 Å². The first-order chi connectivity index (χ1) is 22.3. The fourth-order valence-corrected chi connectivity index (χ4v) is 5.50. The molecule has 1 aliphatic rings. The quantitative estimate of drug-likeness (QED) is 0.158. The molecule has 6 rings (SSSR count). The van der Waals surface area contributed by atoms with Gasteiger partial charge in [0.15, 0.2) is 0 Å². The van der Waals surface area contributed by atoms with E-state index in [1.807, 2.05) is 67.6 Å². The van der Waals surface area contributed by atoms with Gasteiger partial charge in [0.25, 0.3) is 11.8 Å². The number of ether oxygens (including phenoxy) is 2. The Morgan fingerprint density at radius 3 is 2.13 bits per heavy atom. The summed E-state index contributed by atoms with van der Waals surface area (Å²) in [6.07, 6.45) is 4.95. The van der Waals surface area contributed by atoms with E-state index in [1.165, 1.54) is 18.3 Å². The minimum atomic E-state index is -1.13. The lowest BCUT2D eigenvalue weighted by atomic mass is 9.92. The molecular weight excluding hydrogens is 582 g/mol. The van der Waals surface area contributed by atoms with E-state index in [0.29, 0.717) is 17.2 Å². The average Bonchev–Trinajstić information content (AvgIpc) is 3.06. The van der Waals surface area contributed by atoms with Crippen molar-refractivity contribution in [3.05, 3.63) is 126 Å². The lowest BCUT2D eigenvalue weighted by molar-refractivity contribution is 0.0697. The summed E-state index contributed by atoms with van der Waals surface area (Å²) in [5.41, 5.74) is 2.29. The number of aryl methyl sites for hydroxylation is 1. The van der Waals surface area contributed by atoms with E-state index in [9.17, 15) is 19.5 Å². The third-order valence-electron chi connectivity index (χ3n) is 8.04. The molecule has 9 heteroatoms. The number of pyridine rings is 1. The van der Waals surface area contributed by atoms with E-state index in [-0.39, 0.29) is 34.9 Å². The van der Waals surface area contributed by atoms with Crippen LogP contribution in [-0.2, 0) is 0 Å². The number of para-hydroxylation sites is 1. The molecule has 1 aliphatic carbocycles. The number of nitrogens with zero attached hydrogens (tertiary/aromatic N) is 1. The van der Waals surface area contributed by atoms with Crippen LogP contribution in [0.3, 0.4) is 0 Å². The fraction of sp³-hybridized carbons (Fsp3) is 0.189. The second-order valence-corrected chi connectivity index (χ2v) is 11.4. The minimum absolute atomic E-state index is 0.00219. The van der Waals surface area contributed by atoms with Crippen molar-refractivity contribution in [2.24, 2.45) is 0 Å². The lowest BCUT2D eigenvalue weighted by Crippen LogP contribution is -2.39. The Bertz CT molecular complexity index is 1880. The van der Waals surface area contributed by atoms with Crippen LogP contribution >= 0.6 is 0 Å². The zero-order chi connectivity index (χ0) is 32.0. The molecule has 9 nitrogen and oxygen atoms in total. The summed E-state index contributed by atoms with van der Waals surface area (Å²) in [6.45, 7) is 2.00. The first-order valence-electron chi connectivity index (χ1n) is 15.2. The molecule has 1 saturated carbocycles. The summed E-state index contributed by atoms with van der Waals surface area (Å²) < 4.78 is 12.2. The number of fused-ring (bicyclic) bond motifs is 1. The average molecular weight is 616 g/mol. The smallest absolute Gasteiger partial charge is 0.337 e. The molecule has 4 aromatic carbocycles. The summed E-state index contributed by atoms with van der Waals surface area (Å²) >= 11 is 0. The molecule has 0 unspecified atom stereocenters. The summed E-state index contributed by atoms with van der Waals surface area (Å²) in [6, 6.07) is 28.8. The highest BCUT2D eigenvalue weighted by Crippen LogP contribution is 2.30. The van der Waals surface area contributed by atoms with E-state index in [2.05, 4.69) is 15.6 Å². The predicted octanol–water partition coefficient (Wildman–Crippen LogP) is 7.41. The largest absolute Gasteiger partial charge is 0.490 e. The van der Waals surface area contributed by atoms with Crippen molar-refractivity contribution in [3.63, 3.8) is 0 Å². The minimum Gasteiger partial charge on any atom is -0.490 e. The number of rotatable bonds is 9. The Morgan fingerprint density at radius 1 is 0.761 bits per heavy atom. The van der Waals surface area contributed by atoms with Gasteiger partial charge in [0.05, 0.1) is 22.9 Å². The Labute approximate surface area is 266 Å². The molecule has 232 valence electrons. The maximum Gasteiger partial charge on any atom is 0.337 e. The van der Waals surface area contributed by atoms with Crippen LogP contribution in [0, 0.1) is 6.92 Å². The van der Waals surface area contributed by atoms with Gasteiger partial charge in [-0.25, -0.2) is 9.78 Å². The third kappa shape index (κ3) is 7.32. The van der Waals surface area contributed by atoms with Crippen LogP contribution in [0.2, 0.25) is 0 Å². The Morgan fingerprint density at radius 2 is 1.43 bits per heavy atom. The summed E-state index contributed by atoms with van der Waals surface area (Å²) in [4.78, 5) is 40.9. The number of carbonyl (C=O) groups is 3. The fourth-order valence-electron chi connectivity index (χ4n) is 5.50. The number of aromatic carboxylic acids is 1. The van der Waals surface area contributed by atoms with E-state index >= 15 is 0 Å². The van der Waals surface area contributed by atoms with E-state index < -0.39 is 11.9 Å². The Balaban J connectivity index is 1.01. The van der Waals surface area contributed by atoms with Crippen LogP contribution < -0.4 is 20.1 Å². The molecule has 0 saturated heterocycles. The number of amides is 2. The van der Waals surface area contributed by atoms with Gasteiger partial charge >= 0.3 is 5.97 Å². The molecule has 0 bridgehead atoms. The van der Waals surface area contributed by atoms with Crippen LogP contribution in [0.15, 0.2) is 103 Å². The number of benzene rings is 4. The highest BCUT2D eigenvalue weighted by atomic mass is 16.5. The molecule has 46 heavy (non-hydrogen) atoms. The first kappa shape index (κ1) is 30.3. The molecule has 0 spiro atoms. The molecule has 1 heterocycles. The van der Waals surface area contributed by atoms with Gasteiger partial charge in [-0.05, 0) is 98.0 Å². The molecule has 5 aromatic rings. The zero-order valence-electron chi connectivity index (χ0n) is 25.2. The van der Waals surface area contributed by atoms with Crippen molar-refractivity contribution in [1.29, 1.82) is 0 Å². The van der Waals surface area contributed by atoms with E-state index in [0.717, 1.165) is 47.8 Å². The number of carbonyl (C=O) groups excluding carboxylic acids is 2. The van der Waals surface area contributed by atoms with Gasteiger partial charge < -0.3 is 25.2 Å². The molecule has 1 aromatic heterocycles. The van der Waals surface area contributed by atoms with Gasteiger partial charge in [0.2, 0.25) is 5.88 Å². The number of carboxylic acids is 1. The maximum atomic E-state index is 12.7. The van der Waals surface area contributed by atoms with Crippen LogP contribution in [0.5, 0.6) is 17.4 Å². The normalized spacial score (nSPS) is 15.9. The highest BCUT2D eigenvalue weighted by Gasteiger charge is 2.24. The third-order valence-corrected chi connectivity index (χ3v) is 8.04. The van der Waals surface area contributed by atoms with Gasteiger partial charge in [-0.15, -0.1) is 0 Å². The molecule has 1 fully saturated rings. The zero-order valence-corrected chi connectivity index (χ0v) is 25.2. The van der Waals surface area contributed by atoms with Crippen LogP contribution in [-0.4, -0.2) is 40.0 Å². The predicted molar refractivity (Wildman–Crippen MR) is 175 cm³/mol. The van der Waals surface area contributed by atoms with Gasteiger partial charge in [-0.1, -0.05) is 42.0 Å². The van der Waals surface area contributed by atoms with Crippen molar-refractivity contribution < 1.29 is 29.0 Å². The Hall–Kier alpha value is -5.70. The number of anilines is 1. The first-order valence-corrected chi connectivity index (χ1v) is 15.2. The number of hydrogen-bond donors (Lipinski definition) is 3. The number of nitrogens with one attached hydrogen (secondary N) is 2. The molecule has 3 N–H and O–H groups in total. The summed E-state index contributed by atoms with van der Waals surface area (Å²) in [7, 11) is 0. The molecule has 0 atom stereocenters. The molecular formula is C37H33N3O6. The van der Waals surface area contributed by atoms with Crippen LogP contribution in [0.25, 0.3) is 10.8 Å². The molecule has 0 aliphatic heterocycles. The van der Waals surface area contributed by atoms with Gasteiger partial charge in [0.1, 0.15) is 11.5 Å². The lowest BCUT2D eigenvalue weighted by Gasteiger charge is -2.29. The van der Waals surface area contributed by atoms with Crippen molar-refractivity contribution in [2.75, 3.05) is 5.32 Å². The van der Waals surface area contributed by atoms with E-state index in [1.54, 1.807) is 24.3 Å². The van der Waals surface area contributed by atoms with Crippen molar-refractivity contribution in [2.45, 2.75) is 44.8 Å². The van der Waals surface area contributed by atoms with Crippen molar-refractivity contribution >= 4 is 34.2 Å². The van der Waals surface area contributed by atoms with Gasteiger partial charge in [-0.2, -0.15) is 0 Å². The molecule has 2 amide bonds. The topological polar surface area (TPSA) is 127 Å². The number of aromatic nitrogens is 1. The Kier molecular flexibility index (Phi) is 8.91. The monoisotopic (exact) mass is 615 g/mol. The maximum absolute atomic E-state index is 12.7. The van der Waals surface area contributed by atoms with Gasteiger partial charge in [0, 0.05) is 23.9 Å². The van der Waals surface area contributed by atoms with Crippen LogP contribution in [0.4, 0.5) is 5.69 Å². The van der Waals surface area contributed by atoms with Gasteiger partial charge in [-0.3, -0.25) is 9.59 Å². The van der Waals surface area contributed by atoms with Crippen molar-refractivity contribution in [3.8, 4) is 17.4 Å².